The lowest BCUT2D eigenvalue weighted by atomic mass is 10.1. The molecule has 4 heteroatoms. The van der Waals surface area contributed by atoms with E-state index >= 15 is 0 Å². The highest BCUT2D eigenvalue weighted by molar-refractivity contribution is 7.80. The molecule has 0 aliphatic rings. The van der Waals surface area contributed by atoms with E-state index in [1.165, 1.54) is 0 Å². The summed E-state index contributed by atoms with van der Waals surface area (Å²) in [7, 11) is 1.80. The zero-order chi connectivity index (χ0) is 8.36. The van der Waals surface area contributed by atoms with Crippen molar-refractivity contribution in [1.29, 1.82) is 0 Å². The number of hydrogen-bond donors (Lipinski definition) is 2. The topological polar surface area (TPSA) is 41.3 Å². The smallest absolute Gasteiger partial charge is 0.180 e. The second-order valence-corrected chi connectivity index (χ2v) is 3.68. The third-order valence-electron chi connectivity index (χ3n) is 0.834. The van der Waals surface area contributed by atoms with Gasteiger partial charge in [0, 0.05) is 12.6 Å². The number of thiocarbonyl (C=S) groups is 1. The van der Waals surface area contributed by atoms with Gasteiger partial charge in [-0.05, 0) is 33.0 Å². The van der Waals surface area contributed by atoms with E-state index < -0.39 is 0 Å². The zero-order valence-corrected chi connectivity index (χ0v) is 7.75. The summed E-state index contributed by atoms with van der Waals surface area (Å²) in [6.07, 6.45) is 0. The third-order valence-corrected chi connectivity index (χ3v) is 1.11. The van der Waals surface area contributed by atoms with Gasteiger partial charge in [-0.1, -0.05) is 0 Å². The minimum Gasteiger partial charge on any atom is -0.375 e. The molecule has 0 amide bonds. The molecule has 0 fully saturated rings. The maximum Gasteiger partial charge on any atom is 0.180 e. The van der Waals surface area contributed by atoms with E-state index in [4.69, 9.17) is 18.0 Å². The van der Waals surface area contributed by atoms with Crippen LogP contribution < -0.4 is 11.2 Å². The molecule has 0 saturated heterocycles. The maximum atomic E-state index is 5.34. The second-order valence-electron chi connectivity index (χ2n) is 3.26. The number of rotatable bonds is 1. The Labute approximate surface area is 67.5 Å². The van der Waals surface area contributed by atoms with Crippen molar-refractivity contribution >= 4 is 17.3 Å². The highest BCUT2D eigenvalue weighted by Gasteiger charge is 2.11. The standard InChI is InChI=1S/C6H15N3S/c1-6(2,3)8-9(4)5(7)10/h8H,1-4H3,(H2,7,10). The molecule has 0 aliphatic carbocycles. The molecule has 0 saturated carbocycles. The molecule has 3 nitrogen and oxygen atoms in total. The molecule has 0 bridgehead atoms. The van der Waals surface area contributed by atoms with Crippen LogP contribution in [0.5, 0.6) is 0 Å². The predicted molar refractivity (Wildman–Crippen MR) is 47.4 cm³/mol. The summed E-state index contributed by atoms with van der Waals surface area (Å²) in [5.41, 5.74) is 8.44. The van der Waals surface area contributed by atoms with Crippen LogP contribution in [0.1, 0.15) is 20.8 Å². The van der Waals surface area contributed by atoms with Gasteiger partial charge in [0.15, 0.2) is 5.11 Å². The molecule has 0 atom stereocenters. The molecule has 0 aromatic rings. The summed E-state index contributed by atoms with van der Waals surface area (Å²) in [4.78, 5) is 0. The fraction of sp³-hybridized carbons (Fsp3) is 0.833. The molecule has 60 valence electrons. The van der Waals surface area contributed by atoms with Crippen molar-refractivity contribution in [1.82, 2.24) is 10.4 Å². The molecule has 0 aliphatic heterocycles. The monoisotopic (exact) mass is 161 g/mol. The highest BCUT2D eigenvalue weighted by atomic mass is 32.1. The minimum atomic E-state index is 0.0121. The Kier molecular flexibility index (Phi) is 3.05. The molecule has 10 heavy (non-hydrogen) atoms. The van der Waals surface area contributed by atoms with Gasteiger partial charge in [-0.25, -0.2) is 5.43 Å². The summed E-state index contributed by atoms with van der Waals surface area (Å²) in [5, 5.41) is 1.99. The quantitative estimate of drug-likeness (QED) is 0.433. The Morgan fingerprint density at radius 3 is 2.00 bits per heavy atom. The molecular weight excluding hydrogens is 146 g/mol. The molecular formula is C6H15N3S. The summed E-state index contributed by atoms with van der Waals surface area (Å²) in [6, 6.07) is 0. The van der Waals surface area contributed by atoms with Crippen LogP contribution in [0.25, 0.3) is 0 Å². The molecule has 0 aromatic heterocycles. The van der Waals surface area contributed by atoms with E-state index in [-0.39, 0.29) is 5.54 Å². The van der Waals surface area contributed by atoms with Gasteiger partial charge < -0.3 is 5.73 Å². The summed E-state index contributed by atoms with van der Waals surface area (Å²) >= 11 is 4.73. The maximum absolute atomic E-state index is 5.34. The van der Waals surface area contributed by atoms with Gasteiger partial charge in [0.25, 0.3) is 0 Å². The molecule has 0 unspecified atom stereocenters. The average Bonchev–Trinajstić information content (AvgIpc) is 1.60. The van der Waals surface area contributed by atoms with E-state index in [1.54, 1.807) is 12.1 Å². The van der Waals surface area contributed by atoms with Crippen LogP contribution in [0.2, 0.25) is 0 Å². The first-order valence-corrected chi connectivity index (χ1v) is 3.55. The van der Waals surface area contributed by atoms with Gasteiger partial charge in [-0.15, -0.1) is 0 Å². The van der Waals surface area contributed by atoms with Crippen molar-refractivity contribution in [2.75, 3.05) is 7.05 Å². The van der Waals surface area contributed by atoms with E-state index in [2.05, 4.69) is 5.43 Å². The summed E-state index contributed by atoms with van der Waals surface area (Å²) in [6.45, 7) is 6.13. The number of hydrazine groups is 1. The van der Waals surface area contributed by atoms with Crippen LogP contribution in [-0.2, 0) is 0 Å². The Bertz CT molecular complexity index is 127. The van der Waals surface area contributed by atoms with E-state index in [1.807, 2.05) is 20.8 Å². The van der Waals surface area contributed by atoms with Crippen molar-refractivity contribution in [3.05, 3.63) is 0 Å². The largest absolute Gasteiger partial charge is 0.375 e. The number of nitrogens with zero attached hydrogens (tertiary/aromatic N) is 1. The lowest BCUT2D eigenvalue weighted by Gasteiger charge is -2.28. The van der Waals surface area contributed by atoms with Crippen molar-refractivity contribution in [3.63, 3.8) is 0 Å². The number of hydrogen-bond acceptors (Lipinski definition) is 2. The molecule has 0 aromatic carbocycles. The van der Waals surface area contributed by atoms with Crippen molar-refractivity contribution in [3.8, 4) is 0 Å². The second kappa shape index (κ2) is 3.16. The van der Waals surface area contributed by atoms with Crippen LogP contribution in [0.3, 0.4) is 0 Å². The van der Waals surface area contributed by atoms with Gasteiger partial charge in [0.2, 0.25) is 0 Å². The SMILES string of the molecule is CN(NC(C)(C)C)C(N)=S. The fourth-order valence-electron chi connectivity index (χ4n) is 0.558. The first kappa shape index (κ1) is 9.65. The van der Waals surface area contributed by atoms with Crippen LogP contribution in [-0.4, -0.2) is 22.7 Å². The number of nitrogens with one attached hydrogen (secondary N) is 1. The lowest BCUT2D eigenvalue weighted by Crippen LogP contribution is -2.51. The molecule has 0 heterocycles. The van der Waals surface area contributed by atoms with E-state index in [0.29, 0.717) is 5.11 Å². The number of nitrogens with two attached hydrogens (primary N) is 1. The molecule has 0 rings (SSSR count). The minimum absolute atomic E-state index is 0.0121. The van der Waals surface area contributed by atoms with Crippen LogP contribution in [0.4, 0.5) is 0 Å². The van der Waals surface area contributed by atoms with Crippen molar-refractivity contribution < 1.29 is 0 Å². The average molecular weight is 161 g/mol. The summed E-state index contributed by atoms with van der Waals surface area (Å²) < 4.78 is 0. The normalized spacial score (nSPS) is 11.2. The molecule has 0 spiro atoms. The first-order valence-electron chi connectivity index (χ1n) is 3.14. The molecule has 3 N–H and O–H groups in total. The molecule has 0 radical (unpaired) electrons. The van der Waals surface area contributed by atoms with E-state index in [0.717, 1.165) is 0 Å². The van der Waals surface area contributed by atoms with Gasteiger partial charge in [-0.2, -0.15) is 0 Å². The lowest BCUT2D eigenvalue weighted by molar-refractivity contribution is 0.252. The van der Waals surface area contributed by atoms with Crippen LogP contribution in [0.15, 0.2) is 0 Å². The first-order chi connectivity index (χ1) is 4.33. The van der Waals surface area contributed by atoms with E-state index in [9.17, 15) is 0 Å². The zero-order valence-electron chi connectivity index (χ0n) is 6.93. The Balaban J connectivity index is 3.80. The Morgan fingerprint density at radius 1 is 1.50 bits per heavy atom. The predicted octanol–water partition coefficient (Wildman–Crippen LogP) is 0.465. The highest BCUT2D eigenvalue weighted by Crippen LogP contribution is 1.98. The van der Waals surface area contributed by atoms with Crippen LogP contribution in [0, 0.1) is 0 Å². The third kappa shape index (κ3) is 4.52. The fourth-order valence-corrected chi connectivity index (χ4v) is 0.604. The Hall–Kier alpha value is -0.350. The van der Waals surface area contributed by atoms with Crippen LogP contribution >= 0.6 is 12.2 Å². The van der Waals surface area contributed by atoms with Gasteiger partial charge in [0.05, 0.1) is 0 Å². The summed E-state index contributed by atoms with van der Waals surface area (Å²) in [5.74, 6) is 0. The Morgan fingerprint density at radius 2 is 1.90 bits per heavy atom. The van der Waals surface area contributed by atoms with Crippen molar-refractivity contribution in [2.24, 2.45) is 5.73 Å². The van der Waals surface area contributed by atoms with Gasteiger partial charge in [-0.3, -0.25) is 5.01 Å². The van der Waals surface area contributed by atoms with Gasteiger partial charge in [0.1, 0.15) is 0 Å². The van der Waals surface area contributed by atoms with Crippen molar-refractivity contribution in [2.45, 2.75) is 26.3 Å². The van der Waals surface area contributed by atoms with Gasteiger partial charge >= 0.3 is 0 Å².